The smallest absolute Gasteiger partial charge is 0.123 e. The second-order valence-electron chi connectivity index (χ2n) is 3.15. The van der Waals surface area contributed by atoms with Crippen LogP contribution in [0.2, 0.25) is 0 Å². The molecule has 0 amide bonds. The molecule has 0 bridgehead atoms. The predicted molar refractivity (Wildman–Crippen MR) is 48.4 cm³/mol. The maximum absolute atomic E-state index is 12.7. The van der Waals surface area contributed by atoms with Crippen molar-refractivity contribution < 1.29 is 4.39 Å². The van der Waals surface area contributed by atoms with Crippen molar-refractivity contribution in [3.05, 3.63) is 35.6 Å². The van der Waals surface area contributed by atoms with Gasteiger partial charge in [-0.3, -0.25) is 0 Å². The highest BCUT2D eigenvalue weighted by Crippen LogP contribution is 2.06. The molecule has 0 aliphatic rings. The number of nitrogens with two attached hydrogens (primary N) is 1. The molecule has 66 valence electrons. The Hall–Kier alpha value is -0.890. The Morgan fingerprint density at radius 1 is 1.50 bits per heavy atom. The van der Waals surface area contributed by atoms with E-state index in [1.807, 2.05) is 13.0 Å². The fourth-order valence-electron chi connectivity index (χ4n) is 1.09. The van der Waals surface area contributed by atoms with Crippen LogP contribution in [0.1, 0.15) is 18.9 Å². The third-order valence-corrected chi connectivity index (χ3v) is 1.78. The average molecular weight is 167 g/mol. The molecule has 2 N–H and O–H groups in total. The molecule has 0 unspecified atom stereocenters. The highest BCUT2D eigenvalue weighted by Gasteiger charge is 1.97. The van der Waals surface area contributed by atoms with Crippen LogP contribution in [0.15, 0.2) is 24.3 Å². The van der Waals surface area contributed by atoms with E-state index in [1.165, 1.54) is 6.07 Å². The van der Waals surface area contributed by atoms with Crippen LogP contribution in [0.3, 0.4) is 0 Å². The van der Waals surface area contributed by atoms with Crippen LogP contribution in [-0.2, 0) is 6.42 Å². The number of halogens is 1. The van der Waals surface area contributed by atoms with E-state index in [2.05, 4.69) is 0 Å². The first-order valence-corrected chi connectivity index (χ1v) is 4.18. The molecule has 0 saturated carbocycles. The highest BCUT2D eigenvalue weighted by molar-refractivity contribution is 5.16. The Kier molecular flexibility index (Phi) is 3.23. The summed E-state index contributed by atoms with van der Waals surface area (Å²) >= 11 is 0. The van der Waals surface area contributed by atoms with E-state index in [0.717, 1.165) is 18.4 Å². The van der Waals surface area contributed by atoms with E-state index in [4.69, 9.17) is 5.73 Å². The van der Waals surface area contributed by atoms with E-state index < -0.39 is 0 Å². The Labute approximate surface area is 72.4 Å². The molecular weight excluding hydrogens is 153 g/mol. The number of hydrogen-bond acceptors (Lipinski definition) is 1. The standard InChI is InChI=1S/C10H14FN/c1-8(12)5-6-9-3-2-4-10(11)7-9/h2-4,7-8H,5-6,12H2,1H3/t8-/m1/s1. The minimum absolute atomic E-state index is 0.169. The van der Waals surface area contributed by atoms with E-state index in [9.17, 15) is 4.39 Å². The van der Waals surface area contributed by atoms with Gasteiger partial charge in [-0.15, -0.1) is 0 Å². The van der Waals surface area contributed by atoms with Gasteiger partial charge in [0.2, 0.25) is 0 Å². The minimum atomic E-state index is -0.169. The van der Waals surface area contributed by atoms with Crippen LogP contribution in [-0.4, -0.2) is 6.04 Å². The summed E-state index contributed by atoms with van der Waals surface area (Å²) in [5.41, 5.74) is 6.61. The van der Waals surface area contributed by atoms with Crippen LogP contribution in [0, 0.1) is 5.82 Å². The maximum Gasteiger partial charge on any atom is 0.123 e. The normalized spacial score (nSPS) is 12.9. The molecule has 1 aromatic carbocycles. The molecule has 1 atom stereocenters. The third kappa shape index (κ3) is 3.01. The summed E-state index contributed by atoms with van der Waals surface area (Å²) in [5, 5.41) is 0. The van der Waals surface area contributed by atoms with E-state index in [-0.39, 0.29) is 11.9 Å². The monoisotopic (exact) mass is 167 g/mol. The Bertz CT molecular complexity index is 245. The number of aryl methyl sites for hydroxylation is 1. The van der Waals surface area contributed by atoms with Gasteiger partial charge in [0, 0.05) is 6.04 Å². The lowest BCUT2D eigenvalue weighted by Gasteiger charge is -2.04. The lowest BCUT2D eigenvalue weighted by Crippen LogP contribution is -2.15. The van der Waals surface area contributed by atoms with E-state index >= 15 is 0 Å². The Morgan fingerprint density at radius 2 is 2.25 bits per heavy atom. The van der Waals surface area contributed by atoms with Gasteiger partial charge in [0.05, 0.1) is 0 Å². The molecule has 0 aliphatic carbocycles. The molecule has 2 heteroatoms. The van der Waals surface area contributed by atoms with Crippen LogP contribution in [0.5, 0.6) is 0 Å². The largest absolute Gasteiger partial charge is 0.328 e. The lowest BCUT2D eigenvalue weighted by molar-refractivity contribution is 0.620. The molecule has 0 spiro atoms. The van der Waals surface area contributed by atoms with Crippen molar-refractivity contribution in [1.82, 2.24) is 0 Å². The molecule has 0 radical (unpaired) electrons. The number of hydrogen-bond donors (Lipinski definition) is 1. The summed E-state index contributed by atoms with van der Waals surface area (Å²) < 4.78 is 12.7. The summed E-state index contributed by atoms with van der Waals surface area (Å²) in [6, 6.07) is 6.85. The summed E-state index contributed by atoms with van der Waals surface area (Å²) in [6.07, 6.45) is 1.76. The van der Waals surface area contributed by atoms with E-state index in [1.54, 1.807) is 12.1 Å². The van der Waals surface area contributed by atoms with Gasteiger partial charge in [0.25, 0.3) is 0 Å². The van der Waals surface area contributed by atoms with Crippen LogP contribution in [0.4, 0.5) is 4.39 Å². The summed E-state index contributed by atoms with van der Waals surface area (Å²) in [7, 11) is 0. The molecule has 1 aromatic rings. The number of benzene rings is 1. The van der Waals surface area contributed by atoms with Crippen LogP contribution < -0.4 is 5.73 Å². The Morgan fingerprint density at radius 3 is 2.83 bits per heavy atom. The third-order valence-electron chi connectivity index (χ3n) is 1.78. The highest BCUT2D eigenvalue weighted by atomic mass is 19.1. The zero-order valence-corrected chi connectivity index (χ0v) is 7.26. The minimum Gasteiger partial charge on any atom is -0.328 e. The zero-order valence-electron chi connectivity index (χ0n) is 7.26. The molecule has 12 heavy (non-hydrogen) atoms. The second-order valence-corrected chi connectivity index (χ2v) is 3.15. The zero-order chi connectivity index (χ0) is 8.97. The van der Waals surface area contributed by atoms with Crippen molar-refractivity contribution >= 4 is 0 Å². The van der Waals surface area contributed by atoms with Crippen LogP contribution >= 0.6 is 0 Å². The van der Waals surface area contributed by atoms with Crippen molar-refractivity contribution in [3.8, 4) is 0 Å². The Balaban J connectivity index is 2.52. The molecule has 0 saturated heterocycles. The first-order valence-electron chi connectivity index (χ1n) is 4.18. The number of rotatable bonds is 3. The van der Waals surface area contributed by atoms with E-state index in [0.29, 0.717) is 0 Å². The van der Waals surface area contributed by atoms with Gasteiger partial charge in [-0.25, -0.2) is 4.39 Å². The van der Waals surface area contributed by atoms with Crippen molar-refractivity contribution in [2.24, 2.45) is 5.73 Å². The quantitative estimate of drug-likeness (QED) is 0.733. The van der Waals surface area contributed by atoms with Gasteiger partial charge in [0.1, 0.15) is 5.82 Å². The van der Waals surface area contributed by atoms with Gasteiger partial charge in [0.15, 0.2) is 0 Å². The molecule has 1 nitrogen and oxygen atoms in total. The predicted octanol–water partition coefficient (Wildman–Crippen LogP) is 2.11. The van der Waals surface area contributed by atoms with Crippen molar-refractivity contribution in [2.45, 2.75) is 25.8 Å². The van der Waals surface area contributed by atoms with Gasteiger partial charge in [-0.05, 0) is 37.5 Å². The summed E-state index contributed by atoms with van der Waals surface area (Å²) in [4.78, 5) is 0. The van der Waals surface area contributed by atoms with Gasteiger partial charge in [-0.1, -0.05) is 12.1 Å². The van der Waals surface area contributed by atoms with Crippen molar-refractivity contribution in [2.75, 3.05) is 0 Å². The van der Waals surface area contributed by atoms with Gasteiger partial charge < -0.3 is 5.73 Å². The first-order chi connectivity index (χ1) is 5.68. The molecule has 0 aliphatic heterocycles. The fourth-order valence-corrected chi connectivity index (χ4v) is 1.09. The lowest BCUT2D eigenvalue weighted by atomic mass is 10.1. The SMILES string of the molecule is C[C@@H](N)CCc1cccc(F)c1. The fraction of sp³-hybridized carbons (Fsp3) is 0.400. The molecular formula is C10H14FN. The molecule has 0 aromatic heterocycles. The molecule has 1 rings (SSSR count). The van der Waals surface area contributed by atoms with Gasteiger partial charge in [-0.2, -0.15) is 0 Å². The molecule has 0 fully saturated rings. The second kappa shape index (κ2) is 4.21. The summed E-state index contributed by atoms with van der Waals surface area (Å²) in [5.74, 6) is -0.169. The van der Waals surface area contributed by atoms with Crippen LogP contribution in [0.25, 0.3) is 0 Å². The average Bonchev–Trinajstić information content (AvgIpc) is 2.01. The van der Waals surface area contributed by atoms with Crippen molar-refractivity contribution in [3.63, 3.8) is 0 Å². The van der Waals surface area contributed by atoms with Crippen molar-refractivity contribution in [1.29, 1.82) is 0 Å². The molecule has 0 heterocycles. The first kappa shape index (κ1) is 9.20. The maximum atomic E-state index is 12.7. The van der Waals surface area contributed by atoms with Gasteiger partial charge >= 0.3 is 0 Å². The topological polar surface area (TPSA) is 26.0 Å². The summed E-state index contributed by atoms with van der Waals surface area (Å²) in [6.45, 7) is 1.96.